The number of carbonyl (C=O) groups is 1. The lowest BCUT2D eigenvalue weighted by atomic mass is 10.0. The Morgan fingerprint density at radius 2 is 1.89 bits per heavy atom. The molecule has 0 saturated carbocycles. The molecule has 0 radical (unpaired) electrons. The minimum atomic E-state index is -0.866. The van der Waals surface area contributed by atoms with Gasteiger partial charge in [-0.1, -0.05) is 18.2 Å². The summed E-state index contributed by atoms with van der Waals surface area (Å²) < 4.78 is 0. The van der Waals surface area contributed by atoms with Crippen LogP contribution in [-0.4, -0.2) is 11.1 Å². The standard InChI is InChI=1S/C15H17NO2S/c1-9-4-3-5-10(2)15(9)13-7-6-12(19-13)11(16)8-14(17)18/h3-7,11H,8,16H2,1-2H3,(H,17,18). The summed E-state index contributed by atoms with van der Waals surface area (Å²) in [7, 11) is 0. The van der Waals surface area contributed by atoms with Gasteiger partial charge in [-0.15, -0.1) is 11.3 Å². The topological polar surface area (TPSA) is 63.3 Å². The van der Waals surface area contributed by atoms with E-state index in [1.807, 2.05) is 18.2 Å². The van der Waals surface area contributed by atoms with Crippen molar-refractivity contribution in [2.45, 2.75) is 26.3 Å². The van der Waals surface area contributed by atoms with Crippen LogP contribution in [0.25, 0.3) is 10.4 Å². The number of aryl methyl sites for hydroxylation is 2. The Morgan fingerprint density at radius 1 is 1.26 bits per heavy atom. The first-order valence-corrected chi connectivity index (χ1v) is 6.94. The molecule has 1 aromatic carbocycles. The molecule has 2 aromatic rings. The molecule has 1 aromatic heterocycles. The number of thiophene rings is 1. The molecular formula is C15H17NO2S. The molecule has 0 aliphatic heterocycles. The highest BCUT2D eigenvalue weighted by Crippen LogP contribution is 2.35. The Hall–Kier alpha value is -1.65. The van der Waals surface area contributed by atoms with Crippen molar-refractivity contribution < 1.29 is 9.90 Å². The fourth-order valence-corrected chi connectivity index (χ4v) is 3.36. The van der Waals surface area contributed by atoms with Gasteiger partial charge in [0.15, 0.2) is 0 Å². The van der Waals surface area contributed by atoms with E-state index in [9.17, 15) is 4.79 Å². The number of benzene rings is 1. The molecule has 0 aliphatic rings. The second-order valence-corrected chi connectivity index (χ2v) is 5.79. The van der Waals surface area contributed by atoms with Crippen molar-refractivity contribution >= 4 is 17.3 Å². The van der Waals surface area contributed by atoms with Crippen molar-refractivity contribution in [3.05, 3.63) is 46.3 Å². The van der Waals surface area contributed by atoms with Crippen molar-refractivity contribution in [1.82, 2.24) is 0 Å². The predicted molar refractivity (Wildman–Crippen MR) is 78.4 cm³/mol. The lowest BCUT2D eigenvalue weighted by molar-refractivity contribution is -0.137. The number of hydrogen-bond acceptors (Lipinski definition) is 3. The SMILES string of the molecule is Cc1cccc(C)c1-c1ccc(C(N)CC(=O)O)s1. The van der Waals surface area contributed by atoms with Crippen LogP contribution >= 0.6 is 11.3 Å². The average Bonchev–Trinajstić information content (AvgIpc) is 2.77. The normalized spacial score (nSPS) is 12.4. The molecule has 0 amide bonds. The van der Waals surface area contributed by atoms with Crippen LogP contribution in [0.15, 0.2) is 30.3 Å². The number of aliphatic carboxylic acids is 1. The molecule has 1 heterocycles. The van der Waals surface area contributed by atoms with E-state index < -0.39 is 12.0 Å². The Kier molecular flexibility index (Phi) is 4.02. The number of hydrogen-bond donors (Lipinski definition) is 2. The van der Waals surface area contributed by atoms with Gasteiger partial charge >= 0.3 is 5.97 Å². The van der Waals surface area contributed by atoms with Crippen LogP contribution < -0.4 is 5.73 Å². The molecule has 0 aliphatic carbocycles. The van der Waals surface area contributed by atoms with Gasteiger partial charge in [0.05, 0.1) is 6.42 Å². The lowest BCUT2D eigenvalue weighted by Gasteiger charge is -2.08. The number of nitrogens with two attached hydrogens (primary N) is 1. The van der Waals surface area contributed by atoms with Crippen LogP contribution in [0, 0.1) is 13.8 Å². The third kappa shape index (κ3) is 3.03. The van der Waals surface area contributed by atoms with Gasteiger partial charge in [-0.25, -0.2) is 0 Å². The fraction of sp³-hybridized carbons (Fsp3) is 0.267. The summed E-state index contributed by atoms with van der Waals surface area (Å²) in [6, 6.07) is 9.73. The van der Waals surface area contributed by atoms with Crippen molar-refractivity contribution in [2.75, 3.05) is 0 Å². The van der Waals surface area contributed by atoms with Crippen LogP contribution in [0.4, 0.5) is 0 Å². The lowest BCUT2D eigenvalue weighted by Crippen LogP contribution is -2.13. The second kappa shape index (κ2) is 5.55. The highest BCUT2D eigenvalue weighted by molar-refractivity contribution is 7.15. The molecule has 4 heteroatoms. The number of carboxylic acid groups (broad SMARTS) is 1. The number of carboxylic acids is 1. The molecule has 1 atom stereocenters. The highest BCUT2D eigenvalue weighted by atomic mass is 32.1. The van der Waals surface area contributed by atoms with Crippen molar-refractivity contribution in [2.24, 2.45) is 5.73 Å². The summed E-state index contributed by atoms with van der Waals surface area (Å²) in [5, 5.41) is 8.78. The van der Waals surface area contributed by atoms with Crippen LogP contribution in [-0.2, 0) is 4.79 Å². The van der Waals surface area contributed by atoms with Gasteiger partial charge < -0.3 is 10.8 Å². The monoisotopic (exact) mass is 275 g/mol. The van der Waals surface area contributed by atoms with E-state index in [1.165, 1.54) is 16.7 Å². The fourth-order valence-electron chi connectivity index (χ4n) is 2.18. The summed E-state index contributed by atoms with van der Waals surface area (Å²) >= 11 is 1.58. The summed E-state index contributed by atoms with van der Waals surface area (Å²) in [5.74, 6) is -0.866. The maximum Gasteiger partial charge on any atom is 0.305 e. The Bertz CT molecular complexity index is 584. The van der Waals surface area contributed by atoms with E-state index in [1.54, 1.807) is 11.3 Å². The van der Waals surface area contributed by atoms with E-state index in [2.05, 4.69) is 26.0 Å². The third-order valence-electron chi connectivity index (χ3n) is 3.11. The van der Waals surface area contributed by atoms with E-state index in [0.717, 1.165) is 9.75 Å². The maximum absolute atomic E-state index is 10.7. The number of rotatable bonds is 4. The summed E-state index contributed by atoms with van der Waals surface area (Å²) in [4.78, 5) is 12.8. The summed E-state index contributed by atoms with van der Waals surface area (Å²) in [5.41, 5.74) is 9.56. The molecule has 3 N–H and O–H groups in total. The zero-order valence-corrected chi connectivity index (χ0v) is 11.8. The van der Waals surface area contributed by atoms with E-state index in [4.69, 9.17) is 10.8 Å². The third-order valence-corrected chi connectivity index (χ3v) is 4.35. The van der Waals surface area contributed by atoms with Crippen molar-refractivity contribution in [1.29, 1.82) is 0 Å². The zero-order valence-electron chi connectivity index (χ0n) is 11.0. The van der Waals surface area contributed by atoms with Crippen molar-refractivity contribution in [3.63, 3.8) is 0 Å². The van der Waals surface area contributed by atoms with Crippen LogP contribution in [0.1, 0.15) is 28.5 Å². The first-order valence-electron chi connectivity index (χ1n) is 6.12. The predicted octanol–water partition coefficient (Wildman–Crippen LogP) is 3.51. The van der Waals surface area contributed by atoms with Gasteiger partial charge in [0.1, 0.15) is 0 Å². The molecule has 100 valence electrons. The van der Waals surface area contributed by atoms with E-state index in [-0.39, 0.29) is 6.42 Å². The molecule has 2 rings (SSSR count). The second-order valence-electron chi connectivity index (χ2n) is 4.67. The Balaban J connectivity index is 2.33. The van der Waals surface area contributed by atoms with E-state index in [0.29, 0.717) is 0 Å². The van der Waals surface area contributed by atoms with Crippen LogP contribution in [0.2, 0.25) is 0 Å². The maximum atomic E-state index is 10.7. The smallest absolute Gasteiger partial charge is 0.305 e. The van der Waals surface area contributed by atoms with Gasteiger partial charge in [-0.05, 0) is 42.7 Å². The molecule has 0 fully saturated rings. The minimum absolute atomic E-state index is 0.0350. The first kappa shape index (κ1) is 13.8. The van der Waals surface area contributed by atoms with Gasteiger partial charge in [0.2, 0.25) is 0 Å². The summed E-state index contributed by atoms with van der Waals surface area (Å²) in [6.07, 6.45) is -0.0350. The van der Waals surface area contributed by atoms with Gasteiger partial charge in [-0.2, -0.15) is 0 Å². The first-order chi connectivity index (χ1) is 8.99. The van der Waals surface area contributed by atoms with Gasteiger partial charge in [0, 0.05) is 15.8 Å². The minimum Gasteiger partial charge on any atom is -0.481 e. The van der Waals surface area contributed by atoms with Crippen molar-refractivity contribution in [3.8, 4) is 10.4 Å². The average molecular weight is 275 g/mol. The molecule has 3 nitrogen and oxygen atoms in total. The molecule has 19 heavy (non-hydrogen) atoms. The molecule has 0 bridgehead atoms. The van der Waals surface area contributed by atoms with Gasteiger partial charge in [0.25, 0.3) is 0 Å². The van der Waals surface area contributed by atoms with Crippen LogP contribution in [0.5, 0.6) is 0 Å². The zero-order chi connectivity index (χ0) is 14.0. The largest absolute Gasteiger partial charge is 0.481 e. The molecule has 0 saturated heterocycles. The van der Waals surface area contributed by atoms with Gasteiger partial charge in [-0.3, -0.25) is 4.79 Å². The van der Waals surface area contributed by atoms with E-state index >= 15 is 0 Å². The molecular weight excluding hydrogens is 258 g/mol. The Labute approximate surface area is 116 Å². The van der Waals surface area contributed by atoms with Crippen LogP contribution in [0.3, 0.4) is 0 Å². The Morgan fingerprint density at radius 3 is 2.47 bits per heavy atom. The molecule has 1 unspecified atom stereocenters. The summed E-state index contributed by atoms with van der Waals surface area (Å²) in [6.45, 7) is 4.16. The quantitative estimate of drug-likeness (QED) is 0.897. The highest BCUT2D eigenvalue weighted by Gasteiger charge is 2.15. The molecule has 0 spiro atoms.